The molecule has 4 nitrogen and oxygen atoms in total. The average molecular weight is 287 g/mol. The van der Waals surface area contributed by atoms with Gasteiger partial charge in [-0.3, -0.25) is 4.79 Å². The van der Waals surface area contributed by atoms with Crippen molar-refractivity contribution < 1.29 is 4.79 Å². The molecule has 21 heavy (non-hydrogen) atoms. The minimum Gasteiger partial charge on any atom is -0.399 e. The summed E-state index contributed by atoms with van der Waals surface area (Å²) in [6.07, 6.45) is 1.27. The summed E-state index contributed by atoms with van der Waals surface area (Å²) in [6.45, 7) is 8.56. The van der Waals surface area contributed by atoms with Crippen molar-refractivity contribution in [1.82, 2.24) is 9.80 Å². The number of nitrogen functional groups attached to an aromatic ring is 1. The Bertz CT molecular complexity index is 497. The Kier molecular flexibility index (Phi) is 3.89. The van der Waals surface area contributed by atoms with E-state index in [4.69, 9.17) is 5.73 Å². The van der Waals surface area contributed by atoms with Crippen LogP contribution in [0.5, 0.6) is 0 Å². The fraction of sp³-hybridized carbons (Fsp3) is 0.588. The molecular formula is C17H25N3O. The van der Waals surface area contributed by atoms with Gasteiger partial charge >= 0.3 is 0 Å². The Morgan fingerprint density at radius 1 is 1.10 bits per heavy atom. The minimum atomic E-state index is 0.155. The molecule has 2 fully saturated rings. The zero-order valence-corrected chi connectivity index (χ0v) is 13.0. The van der Waals surface area contributed by atoms with Crippen molar-refractivity contribution in [3.8, 4) is 0 Å². The van der Waals surface area contributed by atoms with Crippen LogP contribution in [0.25, 0.3) is 0 Å². The molecule has 114 valence electrons. The van der Waals surface area contributed by atoms with Crippen molar-refractivity contribution in [2.45, 2.75) is 26.3 Å². The summed E-state index contributed by atoms with van der Waals surface area (Å²) in [5.74, 6) is 1.40. The van der Waals surface area contributed by atoms with Crippen molar-refractivity contribution in [2.24, 2.45) is 11.8 Å². The molecule has 3 rings (SSSR count). The average Bonchev–Trinajstić information content (AvgIpc) is 2.46. The molecular weight excluding hydrogens is 262 g/mol. The number of hydrogen-bond acceptors (Lipinski definition) is 3. The monoisotopic (exact) mass is 287 g/mol. The summed E-state index contributed by atoms with van der Waals surface area (Å²) in [5.41, 5.74) is 7.15. The second-order valence-corrected chi connectivity index (χ2v) is 6.85. The largest absolute Gasteiger partial charge is 0.399 e. The Labute approximate surface area is 126 Å². The van der Waals surface area contributed by atoms with E-state index in [0.717, 1.165) is 31.7 Å². The van der Waals surface area contributed by atoms with E-state index in [-0.39, 0.29) is 5.91 Å². The molecule has 0 spiro atoms. The predicted octanol–water partition coefficient (Wildman–Crippen LogP) is 2.07. The van der Waals surface area contributed by atoms with Crippen LogP contribution in [0.15, 0.2) is 24.3 Å². The maximum absolute atomic E-state index is 12.6. The van der Waals surface area contributed by atoms with E-state index in [1.165, 1.54) is 6.42 Å². The maximum Gasteiger partial charge on any atom is 0.253 e. The molecule has 2 heterocycles. The van der Waals surface area contributed by atoms with Crippen LogP contribution in [0, 0.1) is 11.8 Å². The number of carbonyl (C=O) groups is 1. The molecule has 1 aromatic rings. The topological polar surface area (TPSA) is 49.6 Å². The van der Waals surface area contributed by atoms with Crippen molar-refractivity contribution in [1.29, 1.82) is 0 Å². The van der Waals surface area contributed by atoms with Gasteiger partial charge in [-0.15, -0.1) is 0 Å². The van der Waals surface area contributed by atoms with E-state index in [1.807, 2.05) is 17.0 Å². The zero-order valence-electron chi connectivity index (χ0n) is 13.0. The van der Waals surface area contributed by atoms with Gasteiger partial charge in [-0.1, -0.05) is 0 Å². The maximum atomic E-state index is 12.6. The summed E-state index contributed by atoms with van der Waals surface area (Å²) >= 11 is 0. The Morgan fingerprint density at radius 3 is 2.19 bits per heavy atom. The van der Waals surface area contributed by atoms with Gasteiger partial charge < -0.3 is 15.5 Å². The first kappa shape index (κ1) is 14.4. The van der Waals surface area contributed by atoms with Crippen LogP contribution >= 0.6 is 0 Å². The molecule has 4 heteroatoms. The van der Waals surface area contributed by atoms with Crippen LogP contribution in [0.2, 0.25) is 0 Å². The van der Waals surface area contributed by atoms with Gasteiger partial charge in [-0.2, -0.15) is 0 Å². The Balaban J connectivity index is 1.69. The molecule has 2 aliphatic heterocycles. The zero-order chi connectivity index (χ0) is 15.0. The third-order valence-electron chi connectivity index (χ3n) is 4.78. The molecule has 2 saturated heterocycles. The van der Waals surface area contributed by atoms with Gasteiger partial charge in [0.2, 0.25) is 0 Å². The highest BCUT2D eigenvalue weighted by atomic mass is 16.2. The fourth-order valence-electron chi connectivity index (χ4n) is 3.72. The second kappa shape index (κ2) is 5.68. The number of fused-ring (bicyclic) bond motifs is 2. The van der Waals surface area contributed by atoms with E-state index < -0.39 is 0 Å². The lowest BCUT2D eigenvalue weighted by Crippen LogP contribution is -2.55. The van der Waals surface area contributed by atoms with Crippen molar-refractivity contribution in [2.75, 3.05) is 31.9 Å². The molecule has 2 bridgehead atoms. The smallest absolute Gasteiger partial charge is 0.253 e. The molecule has 0 aromatic heterocycles. The van der Waals surface area contributed by atoms with Gasteiger partial charge in [0.15, 0.2) is 0 Å². The van der Waals surface area contributed by atoms with Crippen LogP contribution in [-0.2, 0) is 0 Å². The number of hydrogen-bond donors (Lipinski definition) is 1. The number of anilines is 1. The second-order valence-electron chi connectivity index (χ2n) is 6.85. The van der Waals surface area contributed by atoms with E-state index >= 15 is 0 Å². The summed E-state index contributed by atoms with van der Waals surface area (Å²) in [5, 5.41) is 0. The number of nitrogens with two attached hydrogens (primary N) is 1. The standard InChI is InChI=1S/C17H25N3O/c1-12(2)19-8-13-7-14(9-19)11-20(10-13)17(21)15-3-5-16(18)6-4-15/h3-6,12-14H,7-11,18H2,1-2H3/t13-,14+. The van der Waals surface area contributed by atoms with Gasteiger partial charge in [-0.25, -0.2) is 0 Å². The van der Waals surface area contributed by atoms with Crippen LogP contribution in [0.3, 0.4) is 0 Å². The van der Waals surface area contributed by atoms with Gasteiger partial charge in [-0.05, 0) is 56.4 Å². The number of amides is 1. The number of piperidine rings is 2. The van der Waals surface area contributed by atoms with Crippen molar-refractivity contribution in [3.05, 3.63) is 29.8 Å². The molecule has 0 saturated carbocycles. The summed E-state index contributed by atoms with van der Waals surface area (Å²) < 4.78 is 0. The van der Waals surface area contributed by atoms with Gasteiger partial charge in [0.1, 0.15) is 0 Å². The molecule has 1 aromatic carbocycles. The highest BCUT2D eigenvalue weighted by molar-refractivity contribution is 5.94. The van der Waals surface area contributed by atoms with Gasteiger partial charge in [0, 0.05) is 43.5 Å². The lowest BCUT2D eigenvalue weighted by molar-refractivity contribution is 0.0168. The SMILES string of the molecule is CC(C)N1C[C@@H]2C[C@@H](CN(C(=O)c3ccc(N)cc3)C2)C1. The summed E-state index contributed by atoms with van der Waals surface area (Å²) in [6, 6.07) is 7.89. The van der Waals surface area contributed by atoms with Gasteiger partial charge in [0.25, 0.3) is 5.91 Å². The minimum absolute atomic E-state index is 0.155. The van der Waals surface area contributed by atoms with E-state index in [9.17, 15) is 4.79 Å². The molecule has 0 radical (unpaired) electrons. The normalized spacial score (nSPS) is 26.1. The molecule has 0 unspecified atom stereocenters. The molecule has 0 aliphatic carbocycles. The Morgan fingerprint density at radius 2 is 1.67 bits per heavy atom. The lowest BCUT2D eigenvalue weighted by atomic mass is 9.84. The third-order valence-corrected chi connectivity index (χ3v) is 4.78. The molecule has 1 amide bonds. The summed E-state index contributed by atoms with van der Waals surface area (Å²) in [7, 11) is 0. The van der Waals surface area contributed by atoms with Crippen LogP contribution in [0.1, 0.15) is 30.6 Å². The molecule has 2 aliphatic rings. The van der Waals surface area contributed by atoms with Crippen LogP contribution in [0.4, 0.5) is 5.69 Å². The summed E-state index contributed by atoms with van der Waals surface area (Å²) in [4.78, 5) is 17.2. The van der Waals surface area contributed by atoms with E-state index in [1.54, 1.807) is 12.1 Å². The highest BCUT2D eigenvalue weighted by Crippen LogP contribution is 2.30. The van der Waals surface area contributed by atoms with Crippen LogP contribution < -0.4 is 5.73 Å². The van der Waals surface area contributed by atoms with Gasteiger partial charge in [0.05, 0.1) is 0 Å². The molecule has 2 N–H and O–H groups in total. The number of nitrogens with zero attached hydrogens (tertiary/aromatic N) is 2. The first-order chi connectivity index (χ1) is 10.0. The first-order valence-corrected chi connectivity index (χ1v) is 7.92. The number of rotatable bonds is 2. The number of likely N-dealkylation sites (tertiary alicyclic amines) is 2. The molecule has 2 atom stereocenters. The van der Waals surface area contributed by atoms with E-state index in [0.29, 0.717) is 23.6 Å². The van der Waals surface area contributed by atoms with Crippen molar-refractivity contribution in [3.63, 3.8) is 0 Å². The third kappa shape index (κ3) is 3.05. The quantitative estimate of drug-likeness (QED) is 0.847. The van der Waals surface area contributed by atoms with Crippen LogP contribution in [-0.4, -0.2) is 47.9 Å². The number of benzene rings is 1. The Hall–Kier alpha value is -1.55. The predicted molar refractivity (Wildman–Crippen MR) is 85.1 cm³/mol. The lowest BCUT2D eigenvalue weighted by Gasteiger charge is -2.47. The number of carbonyl (C=O) groups excluding carboxylic acids is 1. The first-order valence-electron chi connectivity index (χ1n) is 7.92. The van der Waals surface area contributed by atoms with E-state index in [2.05, 4.69) is 18.7 Å². The van der Waals surface area contributed by atoms with Crippen molar-refractivity contribution >= 4 is 11.6 Å². The fourth-order valence-corrected chi connectivity index (χ4v) is 3.72. The highest BCUT2D eigenvalue weighted by Gasteiger charge is 2.36.